The Morgan fingerprint density at radius 3 is 2.32 bits per heavy atom. The van der Waals surface area contributed by atoms with Crippen LogP contribution in [-0.2, 0) is 4.79 Å². The fourth-order valence-corrected chi connectivity index (χ4v) is 3.06. The summed E-state index contributed by atoms with van der Waals surface area (Å²) in [5, 5.41) is 2.95. The summed E-state index contributed by atoms with van der Waals surface area (Å²) in [5.41, 5.74) is 1.90. The topological polar surface area (TPSA) is 32.3 Å². The maximum absolute atomic E-state index is 12.2. The number of allylic oxidation sites excluding steroid dienone is 1. The average molecular weight is 373 g/mol. The van der Waals surface area contributed by atoms with Crippen molar-refractivity contribution in [2.45, 2.75) is 46.5 Å². The molecular formula is C20H30FKN2O. The van der Waals surface area contributed by atoms with E-state index in [9.17, 15) is 9.18 Å². The predicted octanol–water partition coefficient (Wildman–Crippen LogP) is 1.45. The molecule has 1 fully saturated rings. The van der Waals surface area contributed by atoms with Crippen LogP contribution in [-0.4, -0.2) is 24.3 Å². The third-order valence-electron chi connectivity index (χ3n) is 4.40. The minimum atomic E-state index is -0.162. The quantitative estimate of drug-likeness (QED) is 0.482. The van der Waals surface area contributed by atoms with Crippen LogP contribution in [0.15, 0.2) is 35.7 Å². The van der Waals surface area contributed by atoms with Crippen LogP contribution in [0.25, 0.3) is 0 Å². The van der Waals surface area contributed by atoms with E-state index >= 15 is 0 Å². The molecule has 0 aromatic heterocycles. The van der Waals surface area contributed by atoms with Crippen LogP contribution in [0.3, 0.4) is 0 Å². The summed E-state index contributed by atoms with van der Waals surface area (Å²) in [4.78, 5) is 13.9. The van der Waals surface area contributed by atoms with Crippen molar-refractivity contribution in [3.63, 3.8) is 0 Å². The summed E-state index contributed by atoms with van der Waals surface area (Å²) in [6.07, 6.45) is 4.75. The number of ketones is 1. The zero-order chi connectivity index (χ0) is 18.1. The molecule has 0 spiro atoms. The molecule has 5 heteroatoms. The fraction of sp³-hybridized carbons (Fsp3) is 0.500. The van der Waals surface area contributed by atoms with Crippen molar-refractivity contribution in [2.24, 2.45) is 5.92 Å². The number of carbonyl (C=O) groups is 1. The summed E-state index contributed by atoms with van der Waals surface area (Å²) in [5.74, 6) is 1.35. The van der Waals surface area contributed by atoms with Gasteiger partial charge in [0, 0.05) is 19.2 Å². The zero-order valence-electron chi connectivity index (χ0n) is 16.4. The first-order valence-corrected chi connectivity index (χ1v) is 8.62. The molecule has 25 heavy (non-hydrogen) atoms. The second-order valence-corrected chi connectivity index (χ2v) is 6.29. The molecule has 0 aliphatic heterocycles. The van der Waals surface area contributed by atoms with Crippen LogP contribution in [0, 0.1) is 25.7 Å². The smallest absolute Gasteiger partial charge is 0.524 e. The van der Waals surface area contributed by atoms with E-state index in [-0.39, 0.29) is 63.0 Å². The Hall–Kier alpha value is -0.204. The van der Waals surface area contributed by atoms with Crippen molar-refractivity contribution in [2.75, 3.05) is 13.6 Å². The monoisotopic (exact) mass is 372 g/mol. The first-order valence-electron chi connectivity index (χ1n) is 8.62. The van der Waals surface area contributed by atoms with Crippen molar-refractivity contribution in [1.29, 1.82) is 0 Å². The molecule has 0 unspecified atom stereocenters. The first-order chi connectivity index (χ1) is 11.4. The minimum Gasteiger partial charge on any atom is -0.524 e. The van der Waals surface area contributed by atoms with Gasteiger partial charge in [-0.1, -0.05) is 25.0 Å². The molecule has 1 aliphatic rings. The van der Waals surface area contributed by atoms with E-state index in [2.05, 4.69) is 24.2 Å². The molecule has 134 valence electrons. The maximum Gasteiger partial charge on any atom is 1.00 e. The number of nitrogens with zero attached hydrogens (tertiary/aromatic N) is 1. The third kappa shape index (κ3) is 8.35. The van der Waals surface area contributed by atoms with Crippen molar-refractivity contribution >= 4 is 5.78 Å². The molecule has 1 saturated carbocycles. The Morgan fingerprint density at radius 1 is 1.36 bits per heavy atom. The number of carbonyl (C=O) groups excluding carboxylic acids is 1. The van der Waals surface area contributed by atoms with Crippen LogP contribution in [0.5, 0.6) is 0 Å². The Labute approximate surface area is 194 Å². The van der Waals surface area contributed by atoms with E-state index < -0.39 is 0 Å². The average Bonchev–Trinajstić information content (AvgIpc) is 3.05. The molecule has 0 saturated heterocycles. The van der Waals surface area contributed by atoms with E-state index in [1.807, 2.05) is 20.0 Å². The molecule has 2 rings (SSSR count). The van der Waals surface area contributed by atoms with Crippen molar-refractivity contribution in [1.82, 2.24) is 10.2 Å². The predicted molar refractivity (Wildman–Crippen MR) is 97.6 cm³/mol. The largest absolute Gasteiger partial charge is 1.00 e. The van der Waals surface area contributed by atoms with Crippen LogP contribution < -0.4 is 56.7 Å². The van der Waals surface area contributed by atoms with Gasteiger partial charge in [-0.2, -0.15) is 0 Å². The second kappa shape index (κ2) is 13.0. The number of aryl methyl sites for hydroxylation is 1. The summed E-state index contributed by atoms with van der Waals surface area (Å²) < 4.78 is 12.2. The van der Waals surface area contributed by atoms with Crippen molar-refractivity contribution in [3.8, 4) is 0 Å². The molecule has 1 aliphatic carbocycles. The normalized spacial score (nSPS) is 14.6. The second-order valence-electron chi connectivity index (χ2n) is 6.29. The molecule has 0 radical (unpaired) electrons. The molecule has 1 aromatic rings. The summed E-state index contributed by atoms with van der Waals surface area (Å²) >= 11 is 0. The van der Waals surface area contributed by atoms with E-state index in [1.54, 1.807) is 13.0 Å². The van der Waals surface area contributed by atoms with Gasteiger partial charge in [0.25, 0.3) is 0 Å². The third-order valence-corrected chi connectivity index (χ3v) is 4.40. The molecule has 0 bridgehead atoms. The SMILES string of the molecule is Cc1cccc(F)c1.[CH2-]N/C(=C(/C(C)=O)C1CCCC1)N(C)CC.[K+]. The van der Waals surface area contributed by atoms with E-state index in [1.165, 1.54) is 25.0 Å². The Balaban J connectivity index is 0.000000540. The number of Topliss-reactive ketones (excluding diaryl/α,β-unsaturated/α-hetero) is 1. The van der Waals surface area contributed by atoms with Crippen LogP contribution in [0.1, 0.15) is 45.1 Å². The summed E-state index contributed by atoms with van der Waals surface area (Å²) in [6.45, 7) is 6.47. The van der Waals surface area contributed by atoms with E-state index in [4.69, 9.17) is 0 Å². The molecule has 0 amide bonds. The van der Waals surface area contributed by atoms with Crippen LogP contribution >= 0.6 is 0 Å². The van der Waals surface area contributed by atoms with Gasteiger partial charge in [0.1, 0.15) is 5.82 Å². The maximum atomic E-state index is 12.2. The van der Waals surface area contributed by atoms with Gasteiger partial charge in [0.05, 0.1) is 5.82 Å². The fourth-order valence-electron chi connectivity index (χ4n) is 3.06. The summed E-state index contributed by atoms with van der Waals surface area (Å²) in [6, 6.07) is 6.50. The summed E-state index contributed by atoms with van der Waals surface area (Å²) in [7, 11) is 5.72. The van der Waals surface area contributed by atoms with Crippen molar-refractivity contribution < 1.29 is 60.6 Å². The van der Waals surface area contributed by atoms with Crippen LogP contribution in [0.2, 0.25) is 0 Å². The standard InChI is InChI=1S/C13H23N2O.C7H7F.K/c1-5-15(4)13(14-3)12(10(2)16)11-8-6-7-9-11;1-6-3-2-4-7(8)5-6;/h11,14H,3,5-9H2,1-2,4H3;2-5H,1H3;/q-1;;+1/b13-12+;;. The van der Waals surface area contributed by atoms with Gasteiger partial charge in [-0.3, -0.25) is 11.8 Å². The van der Waals surface area contributed by atoms with E-state index in [0.717, 1.165) is 36.3 Å². The first kappa shape index (κ1) is 24.8. The molecular weight excluding hydrogens is 342 g/mol. The van der Waals surface area contributed by atoms with Gasteiger partial charge in [-0.15, -0.1) is 0 Å². The number of hydrogen-bond donors (Lipinski definition) is 1. The molecule has 3 nitrogen and oxygen atoms in total. The molecule has 0 heterocycles. The van der Waals surface area contributed by atoms with Gasteiger partial charge in [0.15, 0.2) is 5.78 Å². The molecule has 1 aromatic carbocycles. The minimum absolute atomic E-state index is 0. The van der Waals surface area contributed by atoms with Gasteiger partial charge in [-0.25, -0.2) is 4.39 Å². The Bertz CT molecular complexity index is 551. The number of halogens is 1. The van der Waals surface area contributed by atoms with Gasteiger partial charge in [-0.05, 0) is 57.2 Å². The number of hydrogen-bond acceptors (Lipinski definition) is 3. The zero-order valence-corrected chi connectivity index (χ0v) is 19.5. The Morgan fingerprint density at radius 2 is 1.96 bits per heavy atom. The number of rotatable bonds is 5. The van der Waals surface area contributed by atoms with Gasteiger partial charge >= 0.3 is 51.4 Å². The number of nitrogens with one attached hydrogen (secondary N) is 1. The van der Waals surface area contributed by atoms with Crippen molar-refractivity contribution in [3.05, 3.63) is 54.1 Å². The van der Waals surface area contributed by atoms with E-state index in [0.29, 0.717) is 5.92 Å². The Kier molecular flexibility index (Phi) is 12.9. The van der Waals surface area contributed by atoms with Crippen LogP contribution in [0.4, 0.5) is 4.39 Å². The molecule has 0 atom stereocenters. The number of benzene rings is 1. The van der Waals surface area contributed by atoms with Gasteiger partial charge < -0.3 is 10.2 Å². The van der Waals surface area contributed by atoms with Gasteiger partial charge in [0.2, 0.25) is 0 Å². The molecule has 1 N–H and O–H groups in total.